The smallest absolute Gasteiger partial charge is 0.420 e. The largest absolute Gasteiger partial charge is 0.494 e. The van der Waals surface area contributed by atoms with Crippen LogP contribution in [-0.2, 0) is 36.6 Å². The van der Waals surface area contributed by atoms with Gasteiger partial charge >= 0.3 is 6.18 Å². The number of nitriles is 1. The average molecular weight is 1040 g/mol. The number of unbranched alkanes of at least 4 members (excludes halogenated alkanes) is 2. The van der Waals surface area contributed by atoms with Gasteiger partial charge in [-0.25, -0.2) is 9.37 Å². The highest BCUT2D eigenvalue weighted by molar-refractivity contribution is 7.81. The first kappa shape index (κ1) is 54.0. The monoisotopic (exact) mass is 1040 g/mol. The van der Waals surface area contributed by atoms with E-state index in [9.17, 15) is 37.6 Å². The van der Waals surface area contributed by atoms with E-state index in [-0.39, 0.29) is 23.5 Å². The van der Waals surface area contributed by atoms with Crippen molar-refractivity contribution < 1.29 is 46.2 Å². The molecule has 0 saturated carbocycles. The number of hydrogen-bond donors (Lipinski definition) is 2. The molecule has 14 nitrogen and oxygen atoms in total. The second-order valence-corrected chi connectivity index (χ2v) is 20.6. The Morgan fingerprint density at radius 1 is 0.959 bits per heavy atom. The third-order valence-electron chi connectivity index (χ3n) is 12.7. The number of nitrogens with zero attached hydrogens (tertiary/aromatic N) is 6. The van der Waals surface area contributed by atoms with Gasteiger partial charge in [-0.05, 0) is 130 Å². The zero-order valence-electron chi connectivity index (χ0n) is 41.3. The van der Waals surface area contributed by atoms with E-state index in [4.69, 9.17) is 21.7 Å². The number of alkyl halides is 3. The van der Waals surface area contributed by atoms with Gasteiger partial charge in [-0.1, -0.05) is 45.0 Å². The molecule has 20 heteroatoms. The summed E-state index contributed by atoms with van der Waals surface area (Å²) in [7, 11) is 0. The van der Waals surface area contributed by atoms with Gasteiger partial charge in [-0.3, -0.25) is 29.1 Å². The molecule has 4 heterocycles. The number of halogens is 4. The average Bonchev–Trinajstić information content (AvgIpc) is 4.06. The topological polar surface area (TPSA) is 170 Å². The van der Waals surface area contributed by atoms with Crippen molar-refractivity contribution in [3.8, 4) is 33.5 Å². The van der Waals surface area contributed by atoms with Gasteiger partial charge < -0.3 is 29.9 Å². The van der Waals surface area contributed by atoms with Gasteiger partial charge in [0.15, 0.2) is 10.9 Å². The lowest BCUT2D eigenvalue weighted by Gasteiger charge is -2.35. The summed E-state index contributed by atoms with van der Waals surface area (Å²) in [6.07, 6.45) is -0.350. The molecule has 0 aliphatic carbocycles. The summed E-state index contributed by atoms with van der Waals surface area (Å²) in [6, 6.07) is 20.1. The molecule has 384 valence electrons. The van der Waals surface area contributed by atoms with Crippen molar-refractivity contribution in [3.63, 3.8) is 0 Å². The zero-order chi connectivity index (χ0) is 52.8. The van der Waals surface area contributed by atoms with Crippen LogP contribution in [0.2, 0.25) is 0 Å². The van der Waals surface area contributed by atoms with Crippen molar-refractivity contribution in [2.75, 3.05) is 36.2 Å². The van der Waals surface area contributed by atoms with Crippen molar-refractivity contribution in [3.05, 3.63) is 113 Å². The van der Waals surface area contributed by atoms with Crippen LogP contribution in [0.4, 0.5) is 28.9 Å². The first-order valence-corrected chi connectivity index (χ1v) is 25.0. The number of hydrogen-bond acceptors (Lipinski definition) is 11. The quantitative estimate of drug-likeness (QED) is 0.0487. The first-order chi connectivity index (χ1) is 34.6. The minimum absolute atomic E-state index is 0.219. The molecule has 2 N–H and O–H groups in total. The number of thiocarbonyl (C=S) groups is 1. The van der Waals surface area contributed by atoms with Crippen LogP contribution in [0, 0.1) is 29.5 Å². The highest BCUT2D eigenvalue weighted by Crippen LogP contribution is 2.42. The minimum atomic E-state index is -5.19. The van der Waals surface area contributed by atoms with Gasteiger partial charge in [0.2, 0.25) is 17.7 Å². The second-order valence-electron chi connectivity index (χ2n) is 19.4. The molecule has 2 aliphatic rings. The molecule has 5 aromatic rings. The molecular weight excluding hydrogens is 985 g/mol. The third kappa shape index (κ3) is 12.2. The second kappa shape index (κ2) is 22.5. The maximum Gasteiger partial charge on any atom is 0.420 e. The number of rotatable bonds is 18. The first-order valence-electron chi connectivity index (χ1n) is 23.7. The van der Waals surface area contributed by atoms with Crippen molar-refractivity contribution in [2.45, 2.75) is 104 Å². The summed E-state index contributed by atoms with van der Waals surface area (Å²) in [5.41, 5.74) is 0.987. The molecule has 0 bridgehead atoms. The lowest BCUT2D eigenvalue weighted by Crippen LogP contribution is -2.58. The Kier molecular flexibility index (Phi) is 16.7. The van der Waals surface area contributed by atoms with E-state index in [0.717, 1.165) is 52.2 Å². The number of aromatic nitrogens is 2. The summed E-state index contributed by atoms with van der Waals surface area (Å²) in [5.74, 6) is -2.86. The van der Waals surface area contributed by atoms with Gasteiger partial charge in [-0.2, -0.15) is 18.4 Å². The predicted octanol–water partition coefficient (Wildman–Crippen LogP) is 9.53. The highest BCUT2D eigenvalue weighted by atomic mass is 32.1. The van der Waals surface area contributed by atoms with Crippen molar-refractivity contribution in [1.82, 2.24) is 25.5 Å². The summed E-state index contributed by atoms with van der Waals surface area (Å²) in [4.78, 5) is 67.7. The van der Waals surface area contributed by atoms with E-state index in [2.05, 4.69) is 20.6 Å². The lowest BCUT2D eigenvalue weighted by atomic mass is 9.85. The molecular formula is C53H56F4N8O6S2. The van der Waals surface area contributed by atoms with Crippen LogP contribution in [0.15, 0.2) is 84.5 Å². The maximum absolute atomic E-state index is 15.4. The molecule has 3 aromatic carbocycles. The van der Waals surface area contributed by atoms with Crippen LogP contribution >= 0.6 is 23.6 Å². The molecule has 2 aliphatic heterocycles. The number of amides is 4. The number of thiazole rings is 1. The van der Waals surface area contributed by atoms with Crippen LogP contribution in [0.1, 0.15) is 89.1 Å². The van der Waals surface area contributed by atoms with Crippen LogP contribution in [0.25, 0.3) is 21.7 Å². The standard InChI is InChI=1S/C53H56F4N8O6S2/c1-32-45(73-31-61-32)35-14-12-33(13-15-35)28-60-47(67)41-11-10-24-63(41)48(68)46(51(2,3)4)62-42(66)30-70-25-8-7-9-26-71-38-20-16-34(17-21-38)39-22-19-37(29-59-39)65-50(72)64(49(69)52(65,5)6)40-23-18-36(27-58)43(44(40)54)53(55,56)57/h12-23,29,31,41,46H,7-11,24-26,28,30H2,1-6H3,(H,60,67)(H,62,66). The summed E-state index contributed by atoms with van der Waals surface area (Å²) in [5, 5.41) is 14.8. The Labute approximate surface area is 430 Å². The molecule has 0 radical (unpaired) electrons. The molecule has 2 aromatic heterocycles. The fourth-order valence-electron chi connectivity index (χ4n) is 8.78. The van der Waals surface area contributed by atoms with Crippen LogP contribution < -0.4 is 25.2 Å². The number of nitrogens with one attached hydrogen (secondary N) is 2. The van der Waals surface area contributed by atoms with Crippen LogP contribution in [0.3, 0.4) is 0 Å². The zero-order valence-corrected chi connectivity index (χ0v) is 42.9. The van der Waals surface area contributed by atoms with Gasteiger partial charge in [0, 0.05) is 25.3 Å². The van der Waals surface area contributed by atoms with E-state index >= 15 is 4.39 Å². The molecule has 73 heavy (non-hydrogen) atoms. The Hall–Kier alpha value is -6.82. The summed E-state index contributed by atoms with van der Waals surface area (Å²) in [6.45, 7) is 11.9. The lowest BCUT2D eigenvalue weighted by molar-refractivity contribution is -0.144. The molecule has 0 spiro atoms. The van der Waals surface area contributed by atoms with E-state index in [0.29, 0.717) is 67.6 Å². The molecule has 7 rings (SSSR count). The number of pyridine rings is 1. The number of benzene rings is 3. The molecule has 2 fully saturated rings. The number of carbonyl (C=O) groups is 4. The van der Waals surface area contributed by atoms with Crippen molar-refractivity contribution in [2.24, 2.45) is 5.41 Å². The van der Waals surface area contributed by atoms with E-state index in [1.807, 2.05) is 69.6 Å². The number of anilines is 2. The van der Waals surface area contributed by atoms with Gasteiger partial charge in [0.1, 0.15) is 35.5 Å². The van der Waals surface area contributed by atoms with Gasteiger partial charge in [-0.15, -0.1) is 11.3 Å². The number of aryl methyl sites for hydroxylation is 1. The summed E-state index contributed by atoms with van der Waals surface area (Å²) < 4.78 is 68.4. The Bertz CT molecular complexity index is 2880. The van der Waals surface area contributed by atoms with E-state index in [1.54, 1.807) is 40.5 Å². The van der Waals surface area contributed by atoms with Crippen LogP contribution in [0.5, 0.6) is 5.75 Å². The third-order valence-corrected chi connectivity index (χ3v) is 14.1. The molecule has 4 amide bonds. The molecule has 2 saturated heterocycles. The van der Waals surface area contributed by atoms with Crippen LogP contribution in [-0.4, -0.2) is 87.6 Å². The summed E-state index contributed by atoms with van der Waals surface area (Å²) >= 11 is 7.12. The SMILES string of the molecule is Cc1ncsc1-c1ccc(CNC(=O)C2CCCN2C(=O)C(NC(=O)COCCCCCOc2ccc(-c3ccc(N4C(=S)N(c5ccc(C#N)c(C(F)(F)F)c5F)C(=O)C4(C)C)cn3)cc2)C(C)(C)C)cc1. The fourth-order valence-corrected chi connectivity index (χ4v) is 10.1. The maximum atomic E-state index is 15.4. The number of ether oxygens (including phenoxy) is 2. The van der Waals surface area contributed by atoms with Crippen molar-refractivity contribution in [1.29, 1.82) is 5.26 Å². The Balaban J connectivity index is 0.822. The highest BCUT2D eigenvalue weighted by Gasteiger charge is 2.52. The van der Waals surface area contributed by atoms with E-state index in [1.165, 1.54) is 31.0 Å². The Morgan fingerprint density at radius 2 is 1.66 bits per heavy atom. The molecule has 2 atom stereocenters. The number of carbonyl (C=O) groups excluding carboxylic acids is 4. The van der Waals surface area contributed by atoms with Gasteiger partial charge in [0.25, 0.3) is 5.91 Å². The molecule has 2 unspecified atom stereocenters. The van der Waals surface area contributed by atoms with Crippen molar-refractivity contribution >= 4 is 63.7 Å². The van der Waals surface area contributed by atoms with Gasteiger partial charge in [0.05, 0.1) is 57.6 Å². The normalized spacial score (nSPS) is 16.1. The number of likely N-dealkylation sites (tertiary alicyclic amines) is 1. The Morgan fingerprint density at radius 3 is 2.29 bits per heavy atom. The minimum Gasteiger partial charge on any atom is -0.494 e. The predicted molar refractivity (Wildman–Crippen MR) is 273 cm³/mol. The fraction of sp³-hybridized carbons (Fsp3) is 0.396. The van der Waals surface area contributed by atoms with E-state index < -0.39 is 63.7 Å².